The molecule has 2 atom stereocenters. The van der Waals surface area contributed by atoms with E-state index in [1.807, 2.05) is 21.1 Å². The van der Waals surface area contributed by atoms with Crippen molar-refractivity contribution in [3.63, 3.8) is 0 Å². The van der Waals surface area contributed by atoms with Crippen LogP contribution in [-0.4, -0.2) is 74.9 Å². The molecule has 69 heavy (non-hydrogen) atoms. The highest BCUT2D eigenvalue weighted by Crippen LogP contribution is 2.43. The largest absolute Gasteiger partial charge is 0.472 e. The van der Waals surface area contributed by atoms with Crippen LogP contribution in [0.5, 0.6) is 0 Å². The first-order valence-electron chi connectivity index (χ1n) is 27.8. The number of allylic oxidation sites excluding steroid dienone is 14. The molecule has 0 aliphatic carbocycles. The van der Waals surface area contributed by atoms with Gasteiger partial charge in [-0.2, -0.15) is 0 Å². The summed E-state index contributed by atoms with van der Waals surface area (Å²) >= 11 is 0. The highest BCUT2D eigenvalue weighted by molar-refractivity contribution is 7.47. The molecule has 0 rings (SSSR count). The first-order valence-corrected chi connectivity index (χ1v) is 29.3. The number of phosphoric ester groups is 1. The number of rotatable bonds is 50. The Morgan fingerprint density at radius 3 is 1.23 bits per heavy atom. The molecule has 0 aromatic heterocycles. The Bertz CT molecular complexity index is 1440. The van der Waals surface area contributed by atoms with E-state index >= 15 is 0 Å². The summed E-state index contributed by atoms with van der Waals surface area (Å²) in [7, 11) is 1.46. The summed E-state index contributed by atoms with van der Waals surface area (Å²) in [5.74, 6) is -0.818. The molecule has 0 amide bonds. The summed E-state index contributed by atoms with van der Waals surface area (Å²) in [6, 6.07) is 0. The van der Waals surface area contributed by atoms with Gasteiger partial charge in [-0.3, -0.25) is 18.6 Å². The van der Waals surface area contributed by atoms with Crippen LogP contribution in [0.4, 0.5) is 0 Å². The Balaban J connectivity index is 4.27. The molecule has 0 heterocycles. The molecule has 0 bridgehead atoms. The molecule has 0 fully saturated rings. The summed E-state index contributed by atoms with van der Waals surface area (Å²) in [4.78, 5) is 35.6. The van der Waals surface area contributed by atoms with Gasteiger partial charge in [0, 0.05) is 12.8 Å². The molecule has 0 aliphatic rings. The third kappa shape index (κ3) is 54.4. The fourth-order valence-electron chi connectivity index (χ4n) is 7.41. The Hall–Kier alpha value is -2.81. The molecule has 10 heteroatoms. The van der Waals surface area contributed by atoms with E-state index in [4.69, 9.17) is 18.5 Å². The van der Waals surface area contributed by atoms with Crippen LogP contribution in [0.3, 0.4) is 0 Å². The number of quaternary nitrogens is 1. The number of carbonyl (C=O) groups excluding carboxylic acids is 2. The van der Waals surface area contributed by atoms with Gasteiger partial charge in [0.2, 0.25) is 0 Å². The number of unbranched alkanes of at least 4 members (excludes halogenated alkanes) is 22. The third-order valence-electron chi connectivity index (χ3n) is 11.7. The minimum Gasteiger partial charge on any atom is -0.462 e. The van der Waals surface area contributed by atoms with Gasteiger partial charge in [-0.15, -0.1) is 0 Å². The molecule has 0 spiro atoms. The van der Waals surface area contributed by atoms with E-state index in [1.54, 1.807) is 0 Å². The maximum Gasteiger partial charge on any atom is 0.472 e. The molecular weight excluding hydrogens is 882 g/mol. The van der Waals surface area contributed by atoms with E-state index in [0.29, 0.717) is 17.4 Å². The third-order valence-corrected chi connectivity index (χ3v) is 12.7. The van der Waals surface area contributed by atoms with Gasteiger partial charge in [0.1, 0.15) is 19.8 Å². The molecular formula is C59H105NO8P+. The standard InChI is InChI=1S/C59H104NO8P/c1-6-8-10-12-14-16-18-20-22-24-26-27-28-29-30-31-32-33-34-36-38-40-42-44-46-48-50-52-59(62)68-57(56-67-69(63,64)66-54-53-60(3,4)5)55-65-58(61)51-49-47-45-43-41-39-37-35-25-23-21-19-17-15-13-11-9-7-2/h8,10,14,16,20,22,26-27,29-30,32-33,36,38,57H,6-7,9,11-13,15,17-19,21,23-25,28,31,34-35,37,39-56H2,1-5H3/p+1/b10-8-,16-14-,22-20-,27-26-,30-29-,33-32-,38-36-. The minimum atomic E-state index is -4.39. The van der Waals surface area contributed by atoms with Gasteiger partial charge in [-0.25, -0.2) is 4.57 Å². The highest BCUT2D eigenvalue weighted by Gasteiger charge is 2.27. The van der Waals surface area contributed by atoms with Crippen molar-refractivity contribution in [1.29, 1.82) is 0 Å². The zero-order chi connectivity index (χ0) is 50.6. The molecule has 0 aromatic rings. The minimum absolute atomic E-state index is 0.0245. The second kappa shape index (κ2) is 50.1. The van der Waals surface area contributed by atoms with E-state index in [0.717, 1.165) is 96.3 Å². The summed E-state index contributed by atoms with van der Waals surface area (Å²) in [5, 5.41) is 0. The van der Waals surface area contributed by atoms with Crippen molar-refractivity contribution in [2.24, 2.45) is 0 Å². The zero-order valence-electron chi connectivity index (χ0n) is 45.0. The Labute approximate surface area is 424 Å². The molecule has 2 unspecified atom stereocenters. The van der Waals surface area contributed by atoms with Gasteiger partial charge in [-0.1, -0.05) is 227 Å². The molecule has 0 radical (unpaired) electrons. The fraction of sp³-hybridized carbons (Fsp3) is 0.729. The predicted octanol–water partition coefficient (Wildman–Crippen LogP) is 17.1. The average molecular weight is 987 g/mol. The normalized spacial score (nSPS) is 14.0. The van der Waals surface area contributed by atoms with E-state index < -0.39 is 26.5 Å². The lowest BCUT2D eigenvalue weighted by Crippen LogP contribution is -2.37. The van der Waals surface area contributed by atoms with Crippen LogP contribution in [0, 0.1) is 0 Å². The second-order valence-corrected chi connectivity index (χ2v) is 21.0. The molecule has 0 aliphatic heterocycles. The molecule has 0 saturated heterocycles. The SMILES string of the molecule is CC/C=C\C/C=C\C/C=C\C/C=C\C/C=C\C/C=C\C/C=C\CCCCCCCC(=O)OC(COC(=O)CCCCCCCCCCCCCCCCCCCC)COP(=O)(O)OCC[N+](C)(C)C. The van der Waals surface area contributed by atoms with Gasteiger partial charge in [0.15, 0.2) is 6.10 Å². The summed E-state index contributed by atoms with van der Waals surface area (Å²) in [6.45, 7) is 4.31. The summed E-state index contributed by atoms with van der Waals surface area (Å²) in [6.07, 6.45) is 66.4. The summed E-state index contributed by atoms with van der Waals surface area (Å²) < 4.78 is 34.5. The van der Waals surface area contributed by atoms with Crippen molar-refractivity contribution in [3.8, 4) is 0 Å². The highest BCUT2D eigenvalue weighted by atomic mass is 31.2. The molecule has 9 nitrogen and oxygen atoms in total. The van der Waals surface area contributed by atoms with Crippen LogP contribution in [0.15, 0.2) is 85.1 Å². The first kappa shape index (κ1) is 66.2. The first-order chi connectivity index (χ1) is 33.5. The van der Waals surface area contributed by atoms with Crippen molar-refractivity contribution in [1.82, 2.24) is 0 Å². The number of likely N-dealkylation sites (N-methyl/N-ethyl adjacent to an activating group) is 1. The van der Waals surface area contributed by atoms with Crippen LogP contribution in [0.25, 0.3) is 0 Å². The molecule has 0 aromatic carbocycles. The van der Waals surface area contributed by atoms with Crippen molar-refractivity contribution in [3.05, 3.63) is 85.1 Å². The summed E-state index contributed by atoms with van der Waals surface area (Å²) in [5.41, 5.74) is 0. The average Bonchev–Trinajstić information content (AvgIpc) is 3.31. The van der Waals surface area contributed by atoms with Crippen molar-refractivity contribution in [2.45, 2.75) is 232 Å². The Kier molecular flexibility index (Phi) is 48.1. The Morgan fingerprint density at radius 1 is 0.464 bits per heavy atom. The monoisotopic (exact) mass is 987 g/mol. The molecule has 1 N–H and O–H groups in total. The van der Waals surface area contributed by atoms with Crippen molar-refractivity contribution in [2.75, 3.05) is 47.5 Å². The van der Waals surface area contributed by atoms with Crippen LogP contribution in [0.2, 0.25) is 0 Å². The number of hydrogen-bond donors (Lipinski definition) is 1. The topological polar surface area (TPSA) is 108 Å². The van der Waals surface area contributed by atoms with E-state index in [9.17, 15) is 19.0 Å². The fourth-order valence-corrected chi connectivity index (χ4v) is 8.15. The van der Waals surface area contributed by atoms with Crippen LogP contribution in [-0.2, 0) is 32.7 Å². The molecule has 398 valence electrons. The van der Waals surface area contributed by atoms with Gasteiger partial charge in [-0.05, 0) is 70.6 Å². The zero-order valence-corrected chi connectivity index (χ0v) is 45.9. The number of phosphoric acid groups is 1. The van der Waals surface area contributed by atoms with E-state index in [1.165, 1.54) is 96.3 Å². The number of carbonyl (C=O) groups is 2. The molecule has 0 saturated carbocycles. The van der Waals surface area contributed by atoms with Gasteiger partial charge >= 0.3 is 19.8 Å². The number of ether oxygens (including phenoxy) is 2. The Morgan fingerprint density at radius 2 is 0.826 bits per heavy atom. The predicted molar refractivity (Wildman–Crippen MR) is 293 cm³/mol. The lowest BCUT2D eigenvalue weighted by molar-refractivity contribution is -0.870. The van der Waals surface area contributed by atoms with Gasteiger partial charge in [0.05, 0.1) is 27.7 Å². The van der Waals surface area contributed by atoms with E-state index in [-0.39, 0.29) is 32.0 Å². The quantitative estimate of drug-likeness (QED) is 0.0211. The van der Waals surface area contributed by atoms with Crippen LogP contribution < -0.4 is 0 Å². The smallest absolute Gasteiger partial charge is 0.462 e. The van der Waals surface area contributed by atoms with E-state index in [2.05, 4.69) is 98.9 Å². The lowest BCUT2D eigenvalue weighted by atomic mass is 10.0. The van der Waals surface area contributed by atoms with Gasteiger partial charge in [0.25, 0.3) is 0 Å². The number of nitrogens with zero attached hydrogens (tertiary/aromatic N) is 1. The van der Waals surface area contributed by atoms with Gasteiger partial charge < -0.3 is 18.9 Å². The maximum atomic E-state index is 12.8. The maximum absolute atomic E-state index is 12.8. The van der Waals surface area contributed by atoms with Crippen LogP contribution >= 0.6 is 7.82 Å². The number of esters is 2. The van der Waals surface area contributed by atoms with Crippen LogP contribution in [0.1, 0.15) is 226 Å². The number of hydrogen-bond acceptors (Lipinski definition) is 7. The lowest BCUT2D eigenvalue weighted by Gasteiger charge is -2.24. The van der Waals surface area contributed by atoms with Crippen molar-refractivity contribution < 1.29 is 42.1 Å². The second-order valence-electron chi connectivity index (χ2n) is 19.6. The van der Waals surface area contributed by atoms with Crippen molar-refractivity contribution >= 4 is 19.8 Å².